The molecule has 5 nitrogen and oxygen atoms in total. The fourth-order valence-electron chi connectivity index (χ4n) is 1.84. The molecular formula is C13H13BrO5. The van der Waals surface area contributed by atoms with Crippen LogP contribution in [0.4, 0.5) is 0 Å². The van der Waals surface area contributed by atoms with Crippen LogP contribution in [0.25, 0.3) is 0 Å². The van der Waals surface area contributed by atoms with Crippen molar-refractivity contribution in [1.29, 1.82) is 0 Å². The molecule has 1 aliphatic heterocycles. The Morgan fingerprint density at radius 1 is 1.37 bits per heavy atom. The quantitative estimate of drug-likeness (QED) is 0.484. The van der Waals surface area contributed by atoms with E-state index in [2.05, 4.69) is 15.9 Å². The Morgan fingerprint density at radius 2 is 2.05 bits per heavy atom. The van der Waals surface area contributed by atoms with Gasteiger partial charge in [0.05, 0.1) is 16.6 Å². The lowest BCUT2D eigenvalue weighted by molar-refractivity contribution is -0.137. The van der Waals surface area contributed by atoms with Crippen molar-refractivity contribution in [2.45, 2.75) is 13.8 Å². The standard InChI is InChI=1S/C13H13BrO5/c1-3-17-13(16)11(15)9-7(2)6-8-12(10(9)14)19-5-4-18-8/h6H,3-5H2,1-2H3. The summed E-state index contributed by atoms with van der Waals surface area (Å²) in [5.41, 5.74) is 0.886. The predicted molar refractivity (Wildman–Crippen MR) is 70.8 cm³/mol. The van der Waals surface area contributed by atoms with Gasteiger partial charge in [0, 0.05) is 0 Å². The fourth-order valence-corrected chi connectivity index (χ4v) is 2.65. The highest BCUT2D eigenvalue weighted by molar-refractivity contribution is 9.10. The second-order valence-electron chi connectivity index (χ2n) is 3.96. The van der Waals surface area contributed by atoms with Gasteiger partial charge >= 0.3 is 5.97 Å². The molecule has 0 unspecified atom stereocenters. The molecule has 0 bridgehead atoms. The van der Waals surface area contributed by atoms with E-state index in [1.807, 2.05) is 0 Å². The number of benzene rings is 1. The molecule has 6 heteroatoms. The van der Waals surface area contributed by atoms with Crippen molar-refractivity contribution in [3.05, 3.63) is 21.7 Å². The number of ether oxygens (including phenoxy) is 3. The molecule has 0 radical (unpaired) electrons. The number of carbonyl (C=O) groups excluding carboxylic acids is 2. The van der Waals surface area contributed by atoms with Crippen LogP contribution in [0.5, 0.6) is 11.5 Å². The van der Waals surface area contributed by atoms with Gasteiger partial charge in [-0.2, -0.15) is 0 Å². The molecule has 0 saturated carbocycles. The van der Waals surface area contributed by atoms with E-state index in [1.54, 1.807) is 19.9 Å². The zero-order valence-electron chi connectivity index (χ0n) is 10.6. The van der Waals surface area contributed by atoms with E-state index in [4.69, 9.17) is 14.2 Å². The number of aryl methyl sites for hydroxylation is 1. The first-order valence-electron chi connectivity index (χ1n) is 5.86. The largest absolute Gasteiger partial charge is 0.486 e. The van der Waals surface area contributed by atoms with Crippen molar-refractivity contribution >= 4 is 27.7 Å². The molecule has 0 aromatic heterocycles. The summed E-state index contributed by atoms with van der Waals surface area (Å²) < 4.78 is 16.1. The van der Waals surface area contributed by atoms with E-state index < -0.39 is 11.8 Å². The third-order valence-electron chi connectivity index (χ3n) is 2.66. The fraction of sp³-hybridized carbons (Fsp3) is 0.385. The summed E-state index contributed by atoms with van der Waals surface area (Å²) >= 11 is 3.30. The molecule has 2 rings (SSSR count). The molecule has 1 heterocycles. The minimum absolute atomic E-state index is 0.159. The molecule has 0 N–H and O–H groups in total. The monoisotopic (exact) mass is 328 g/mol. The zero-order valence-corrected chi connectivity index (χ0v) is 12.2. The molecule has 102 valence electrons. The number of rotatable bonds is 3. The molecule has 0 amide bonds. The third-order valence-corrected chi connectivity index (χ3v) is 3.42. The third kappa shape index (κ3) is 2.58. The van der Waals surface area contributed by atoms with Crippen molar-refractivity contribution in [2.75, 3.05) is 19.8 Å². The van der Waals surface area contributed by atoms with Gasteiger partial charge in [-0.1, -0.05) is 0 Å². The van der Waals surface area contributed by atoms with Gasteiger partial charge in [0.2, 0.25) is 0 Å². The van der Waals surface area contributed by atoms with Gasteiger partial charge in [0.1, 0.15) is 13.2 Å². The van der Waals surface area contributed by atoms with E-state index in [0.29, 0.717) is 34.7 Å². The maximum Gasteiger partial charge on any atom is 0.379 e. The molecular weight excluding hydrogens is 316 g/mol. The number of ketones is 1. The molecule has 0 fully saturated rings. The number of halogens is 1. The minimum atomic E-state index is -0.872. The van der Waals surface area contributed by atoms with Gasteiger partial charge < -0.3 is 14.2 Å². The Bertz CT molecular complexity index is 538. The van der Waals surface area contributed by atoms with Crippen LogP contribution in [0, 0.1) is 6.92 Å². The molecule has 0 atom stereocenters. The van der Waals surface area contributed by atoms with Crippen LogP contribution in [0.2, 0.25) is 0 Å². The minimum Gasteiger partial charge on any atom is -0.486 e. The average molecular weight is 329 g/mol. The summed E-state index contributed by atoms with van der Waals surface area (Å²) in [6.07, 6.45) is 0. The summed E-state index contributed by atoms with van der Waals surface area (Å²) in [7, 11) is 0. The van der Waals surface area contributed by atoms with Crippen LogP contribution in [-0.4, -0.2) is 31.6 Å². The summed E-state index contributed by atoms with van der Waals surface area (Å²) in [6, 6.07) is 1.69. The highest BCUT2D eigenvalue weighted by atomic mass is 79.9. The maximum atomic E-state index is 12.1. The van der Waals surface area contributed by atoms with Crippen LogP contribution in [-0.2, 0) is 9.53 Å². The number of hydrogen-bond acceptors (Lipinski definition) is 5. The van der Waals surface area contributed by atoms with Crippen LogP contribution < -0.4 is 9.47 Å². The predicted octanol–water partition coefficient (Wildman–Crippen LogP) is 2.27. The summed E-state index contributed by atoms with van der Waals surface area (Å²) in [5.74, 6) is -0.549. The molecule has 1 aliphatic rings. The van der Waals surface area contributed by atoms with Gasteiger partial charge in [-0.05, 0) is 41.4 Å². The van der Waals surface area contributed by atoms with E-state index in [-0.39, 0.29) is 12.2 Å². The van der Waals surface area contributed by atoms with E-state index in [9.17, 15) is 9.59 Å². The van der Waals surface area contributed by atoms with Gasteiger partial charge in [-0.15, -0.1) is 0 Å². The Kier molecular flexibility index (Phi) is 4.09. The number of esters is 1. The zero-order chi connectivity index (χ0) is 14.0. The van der Waals surface area contributed by atoms with Crippen molar-refractivity contribution < 1.29 is 23.8 Å². The molecule has 1 aromatic rings. The lowest BCUT2D eigenvalue weighted by Gasteiger charge is -2.21. The number of Topliss-reactive ketones (excluding diaryl/α,β-unsaturated/α-hetero) is 1. The van der Waals surface area contributed by atoms with Crippen LogP contribution in [0.3, 0.4) is 0 Å². The van der Waals surface area contributed by atoms with Crippen LogP contribution in [0.15, 0.2) is 10.5 Å². The normalized spacial score (nSPS) is 13.0. The first-order valence-corrected chi connectivity index (χ1v) is 6.65. The Morgan fingerprint density at radius 3 is 2.74 bits per heavy atom. The average Bonchev–Trinajstić information content (AvgIpc) is 2.38. The number of fused-ring (bicyclic) bond motifs is 1. The smallest absolute Gasteiger partial charge is 0.379 e. The van der Waals surface area contributed by atoms with Crippen molar-refractivity contribution in [3.8, 4) is 11.5 Å². The first kappa shape index (κ1) is 13.9. The SMILES string of the molecule is CCOC(=O)C(=O)c1c(C)cc2c(c1Br)OCCO2. The summed E-state index contributed by atoms with van der Waals surface area (Å²) in [5, 5.41) is 0. The van der Waals surface area contributed by atoms with Gasteiger partial charge in [-0.25, -0.2) is 4.79 Å². The number of carbonyl (C=O) groups is 2. The molecule has 19 heavy (non-hydrogen) atoms. The Labute approximate surface area is 119 Å². The molecule has 0 aliphatic carbocycles. The highest BCUT2D eigenvalue weighted by Gasteiger charge is 2.28. The Balaban J connectivity index is 2.46. The first-order chi connectivity index (χ1) is 9.06. The van der Waals surface area contributed by atoms with Gasteiger partial charge in [0.25, 0.3) is 5.78 Å². The number of hydrogen-bond donors (Lipinski definition) is 0. The van der Waals surface area contributed by atoms with E-state index in [1.165, 1.54) is 0 Å². The summed E-state index contributed by atoms with van der Waals surface area (Å²) in [6.45, 7) is 4.41. The second-order valence-corrected chi connectivity index (χ2v) is 4.75. The lowest BCUT2D eigenvalue weighted by atomic mass is 10.0. The molecule has 1 aromatic carbocycles. The van der Waals surface area contributed by atoms with E-state index >= 15 is 0 Å². The van der Waals surface area contributed by atoms with Crippen molar-refractivity contribution in [1.82, 2.24) is 0 Å². The molecule has 0 spiro atoms. The maximum absolute atomic E-state index is 12.1. The lowest BCUT2D eigenvalue weighted by Crippen LogP contribution is -2.21. The van der Waals surface area contributed by atoms with Crippen molar-refractivity contribution in [3.63, 3.8) is 0 Å². The van der Waals surface area contributed by atoms with Gasteiger partial charge in [-0.3, -0.25) is 4.79 Å². The topological polar surface area (TPSA) is 61.8 Å². The van der Waals surface area contributed by atoms with Crippen molar-refractivity contribution in [2.24, 2.45) is 0 Å². The van der Waals surface area contributed by atoms with Crippen LogP contribution >= 0.6 is 15.9 Å². The van der Waals surface area contributed by atoms with E-state index in [0.717, 1.165) is 0 Å². The second kappa shape index (κ2) is 5.61. The summed E-state index contributed by atoms with van der Waals surface area (Å²) in [4.78, 5) is 23.6. The molecule has 0 saturated heterocycles. The van der Waals surface area contributed by atoms with Crippen LogP contribution in [0.1, 0.15) is 22.8 Å². The Hall–Kier alpha value is -1.56. The highest BCUT2D eigenvalue weighted by Crippen LogP contribution is 2.41. The van der Waals surface area contributed by atoms with Gasteiger partial charge in [0.15, 0.2) is 11.5 Å².